The topological polar surface area (TPSA) is 64.9 Å². The number of nitrogens with one attached hydrogen (secondary N) is 2. The highest BCUT2D eigenvalue weighted by molar-refractivity contribution is 6.00. The standard InChI is InChI=1S/C17H17N3O/c1-11-7-12(2)16(13(3)8-11)20-17(21)19-15-6-4-5-14(9-15)10-18/h4-9H,1-3H3,(H2,19,20,21). The Morgan fingerprint density at radius 1 is 1.05 bits per heavy atom. The number of carbonyl (C=O) groups excluding carboxylic acids is 1. The van der Waals surface area contributed by atoms with Gasteiger partial charge in [-0.25, -0.2) is 4.79 Å². The molecule has 0 aliphatic heterocycles. The molecular weight excluding hydrogens is 262 g/mol. The molecule has 0 bridgehead atoms. The van der Waals surface area contributed by atoms with Gasteiger partial charge < -0.3 is 10.6 Å². The Morgan fingerprint density at radius 2 is 1.71 bits per heavy atom. The predicted octanol–water partition coefficient (Wildman–Crippen LogP) is 4.13. The molecule has 2 amide bonds. The van der Waals surface area contributed by atoms with Gasteiger partial charge in [-0.15, -0.1) is 0 Å². The Bertz CT molecular complexity index is 706. The van der Waals surface area contributed by atoms with Crippen LogP contribution in [0.3, 0.4) is 0 Å². The van der Waals surface area contributed by atoms with Crippen molar-refractivity contribution in [3.63, 3.8) is 0 Å². The maximum atomic E-state index is 12.1. The van der Waals surface area contributed by atoms with Gasteiger partial charge in [-0.2, -0.15) is 5.26 Å². The Balaban J connectivity index is 2.14. The van der Waals surface area contributed by atoms with E-state index in [0.717, 1.165) is 22.4 Å². The molecule has 0 aliphatic carbocycles. The molecule has 0 heterocycles. The lowest BCUT2D eigenvalue weighted by Crippen LogP contribution is -2.20. The van der Waals surface area contributed by atoms with E-state index < -0.39 is 0 Å². The van der Waals surface area contributed by atoms with E-state index in [9.17, 15) is 4.79 Å². The molecule has 0 saturated heterocycles. The number of amides is 2. The minimum absolute atomic E-state index is 0.319. The highest BCUT2D eigenvalue weighted by Gasteiger charge is 2.08. The summed E-state index contributed by atoms with van der Waals surface area (Å²) in [5.41, 5.74) is 5.12. The van der Waals surface area contributed by atoms with Crippen LogP contribution in [0.5, 0.6) is 0 Å². The van der Waals surface area contributed by atoms with E-state index in [4.69, 9.17) is 5.26 Å². The number of anilines is 2. The Morgan fingerprint density at radius 3 is 2.33 bits per heavy atom. The van der Waals surface area contributed by atoms with E-state index in [1.165, 1.54) is 0 Å². The average molecular weight is 279 g/mol. The molecule has 106 valence electrons. The van der Waals surface area contributed by atoms with E-state index in [0.29, 0.717) is 11.3 Å². The van der Waals surface area contributed by atoms with E-state index >= 15 is 0 Å². The van der Waals surface area contributed by atoms with E-state index in [1.807, 2.05) is 39.0 Å². The van der Waals surface area contributed by atoms with Crippen LogP contribution >= 0.6 is 0 Å². The number of aryl methyl sites for hydroxylation is 3. The molecule has 2 N–H and O–H groups in total. The second kappa shape index (κ2) is 6.10. The molecule has 2 rings (SSSR count). The molecule has 0 radical (unpaired) electrons. The molecule has 0 fully saturated rings. The molecule has 21 heavy (non-hydrogen) atoms. The number of hydrogen-bond acceptors (Lipinski definition) is 2. The minimum Gasteiger partial charge on any atom is -0.308 e. The first-order valence-corrected chi connectivity index (χ1v) is 6.65. The fourth-order valence-corrected chi connectivity index (χ4v) is 2.32. The van der Waals surface area contributed by atoms with Crippen LogP contribution in [-0.4, -0.2) is 6.03 Å². The SMILES string of the molecule is Cc1cc(C)c(NC(=O)Nc2cccc(C#N)c2)c(C)c1. The molecule has 2 aromatic carbocycles. The molecular formula is C17H17N3O. The van der Waals surface area contributed by atoms with E-state index in [-0.39, 0.29) is 6.03 Å². The van der Waals surface area contributed by atoms with E-state index in [2.05, 4.69) is 10.6 Å². The van der Waals surface area contributed by atoms with Gasteiger partial charge >= 0.3 is 6.03 Å². The van der Waals surface area contributed by atoms with Gasteiger partial charge in [0, 0.05) is 11.4 Å². The Kier molecular flexibility index (Phi) is 4.24. The predicted molar refractivity (Wildman–Crippen MR) is 84.5 cm³/mol. The molecule has 0 saturated carbocycles. The summed E-state index contributed by atoms with van der Waals surface area (Å²) < 4.78 is 0. The van der Waals surface area contributed by atoms with Crippen molar-refractivity contribution in [3.05, 3.63) is 58.7 Å². The monoisotopic (exact) mass is 279 g/mol. The van der Waals surface area contributed by atoms with Gasteiger partial charge in [0.15, 0.2) is 0 Å². The van der Waals surface area contributed by atoms with Gasteiger partial charge in [-0.1, -0.05) is 23.8 Å². The summed E-state index contributed by atoms with van der Waals surface area (Å²) in [7, 11) is 0. The van der Waals surface area contributed by atoms with Crippen LogP contribution in [-0.2, 0) is 0 Å². The molecule has 0 aromatic heterocycles. The second-order valence-corrected chi connectivity index (χ2v) is 5.05. The maximum absolute atomic E-state index is 12.1. The quantitative estimate of drug-likeness (QED) is 0.868. The zero-order chi connectivity index (χ0) is 15.4. The smallest absolute Gasteiger partial charge is 0.308 e. The molecule has 0 atom stereocenters. The highest BCUT2D eigenvalue weighted by Crippen LogP contribution is 2.22. The normalized spacial score (nSPS) is 9.81. The summed E-state index contributed by atoms with van der Waals surface area (Å²) in [5.74, 6) is 0. The lowest BCUT2D eigenvalue weighted by Gasteiger charge is -2.13. The van der Waals surface area contributed by atoms with Crippen LogP contribution in [0.4, 0.5) is 16.2 Å². The summed E-state index contributed by atoms with van der Waals surface area (Å²) in [6.45, 7) is 5.95. The lowest BCUT2D eigenvalue weighted by atomic mass is 10.1. The summed E-state index contributed by atoms with van der Waals surface area (Å²) in [5, 5.41) is 14.4. The zero-order valence-electron chi connectivity index (χ0n) is 12.3. The van der Waals surface area contributed by atoms with Crippen LogP contribution in [0.15, 0.2) is 36.4 Å². The molecule has 2 aromatic rings. The number of benzene rings is 2. The number of hydrogen-bond donors (Lipinski definition) is 2. The average Bonchev–Trinajstić information content (AvgIpc) is 2.43. The highest BCUT2D eigenvalue weighted by atomic mass is 16.2. The van der Waals surface area contributed by atoms with Gasteiger partial charge in [0.2, 0.25) is 0 Å². The van der Waals surface area contributed by atoms with Crippen molar-refractivity contribution in [3.8, 4) is 6.07 Å². The van der Waals surface area contributed by atoms with Gasteiger partial charge in [0.1, 0.15) is 0 Å². The summed E-state index contributed by atoms with van der Waals surface area (Å²) in [6, 6.07) is 12.6. The van der Waals surface area contributed by atoms with Gasteiger partial charge in [-0.05, 0) is 50.1 Å². The van der Waals surface area contributed by atoms with Gasteiger partial charge in [-0.3, -0.25) is 0 Å². The number of nitriles is 1. The Hall–Kier alpha value is -2.80. The van der Waals surface area contributed by atoms with Crippen molar-refractivity contribution in [2.24, 2.45) is 0 Å². The van der Waals surface area contributed by atoms with Crippen molar-refractivity contribution < 1.29 is 4.79 Å². The van der Waals surface area contributed by atoms with Crippen molar-refractivity contribution in [1.29, 1.82) is 5.26 Å². The van der Waals surface area contributed by atoms with Crippen molar-refractivity contribution >= 4 is 17.4 Å². The zero-order valence-corrected chi connectivity index (χ0v) is 12.3. The largest absolute Gasteiger partial charge is 0.323 e. The fourth-order valence-electron chi connectivity index (χ4n) is 2.32. The molecule has 0 spiro atoms. The van der Waals surface area contributed by atoms with Crippen LogP contribution in [0, 0.1) is 32.1 Å². The summed E-state index contributed by atoms with van der Waals surface area (Å²) in [6.07, 6.45) is 0. The van der Waals surface area contributed by atoms with Gasteiger partial charge in [0.05, 0.1) is 11.6 Å². The van der Waals surface area contributed by atoms with Gasteiger partial charge in [0.25, 0.3) is 0 Å². The first-order valence-electron chi connectivity index (χ1n) is 6.65. The Labute approximate surface area is 124 Å². The van der Waals surface area contributed by atoms with Crippen LogP contribution in [0.25, 0.3) is 0 Å². The lowest BCUT2D eigenvalue weighted by molar-refractivity contribution is 0.262. The van der Waals surface area contributed by atoms with Crippen LogP contribution in [0.1, 0.15) is 22.3 Å². The third kappa shape index (κ3) is 3.61. The molecule has 0 unspecified atom stereocenters. The van der Waals surface area contributed by atoms with E-state index in [1.54, 1.807) is 24.3 Å². The number of rotatable bonds is 2. The third-order valence-electron chi connectivity index (χ3n) is 3.17. The number of carbonyl (C=O) groups is 1. The first kappa shape index (κ1) is 14.6. The first-order chi connectivity index (χ1) is 9.99. The maximum Gasteiger partial charge on any atom is 0.323 e. The summed E-state index contributed by atoms with van der Waals surface area (Å²) in [4.78, 5) is 12.1. The molecule has 4 nitrogen and oxygen atoms in total. The number of nitrogens with zero attached hydrogens (tertiary/aromatic N) is 1. The van der Waals surface area contributed by atoms with Crippen molar-refractivity contribution in [1.82, 2.24) is 0 Å². The van der Waals surface area contributed by atoms with Crippen molar-refractivity contribution in [2.75, 3.05) is 10.6 Å². The number of urea groups is 1. The fraction of sp³-hybridized carbons (Fsp3) is 0.176. The van der Waals surface area contributed by atoms with Crippen molar-refractivity contribution in [2.45, 2.75) is 20.8 Å². The molecule has 0 aliphatic rings. The minimum atomic E-state index is -0.319. The summed E-state index contributed by atoms with van der Waals surface area (Å²) >= 11 is 0. The van der Waals surface area contributed by atoms with Crippen LogP contribution < -0.4 is 10.6 Å². The second-order valence-electron chi connectivity index (χ2n) is 5.05. The molecule has 4 heteroatoms. The van der Waals surface area contributed by atoms with Crippen LogP contribution in [0.2, 0.25) is 0 Å². The third-order valence-corrected chi connectivity index (χ3v) is 3.17.